The summed E-state index contributed by atoms with van der Waals surface area (Å²) in [5, 5.41) is 3.45. The molecule has 1 aromatic rings. The molecule has 0 aliphatic carbocycles. The molecule has 22 heavy (non-hydrogen) atoms. The molecule has 0 fully saturated rings. The Morgan fingerprint density at radius 1 is 1.09 bits per heavy atom. The average molecular weight is 304 g/mol. The Bertz CT molecular complexity index is 416. The van der Waals surface area contributed by atoms with Gasteiger partial charge in [-0.1, -0.05) is 43.7 Å². The third-order valence-corrected chi connectivity index (χ3v) is 3.72. The lowest BCUT2D eigenvalue weighted by molar-refractivity contribution is 0.321. The molecule has 0 radical (unpaired) electrons. The number of rotatable bonds is 9. The van der Waals surface area contributed by atoms with Crippen LogP contribution in [0.5, 0.6) is 0 Å². The largest absolute Gasteiger partial charge is 0.356 e. The van der Waals surface area contributed by atoms with Crippen molar-refractivity contribution in [2.45, 2.75) is 32.7 Å². The second-order valence-corrected chi connectivity index (χ2v) is 5.83. The zero-order chi connectivity index (χ0) is 16.2. The van der Waals surface area contributed by atoms with Crippen LogP contribution in [0.2, 0.25) is 0 Å². The first-order chi connectivity index (χ1) is 10.7. The van der Waals surface area contributed by atoms with Crippen molar-refractivity contribution in [2.24, 2.45) is 4.99 Å². The maximum atomic E-state index is 4.34. The van der Waals surface area contributed by atoms with Crippen molar-refractivity contribution >= 4 is 5.96 Å². The number of guanidine groups is 1. The smallest absolute Gasteiger partial charge is 0.193 e. The first-order valence-electron chi connectivity index (χ1n) is 8.31. The summed E-state index contributed by atoms with van der Waals surface area (Å²) < 4.78 is 0. The van der Waals surface area contributed by atoms with E-state index in [1.165, 1.54) is 18.4 Å². The summed E-state index contributed by atoms with van der Waals surface area (Å²) >= 11 is 0. The molecule has 0 saturated carbocycles. The third kappa shape index (κ3) is 7.46. The lowest BCUT2D eigenvalue weighted by atomic mass is 10.2. The lowest BCUT2D eigenvalue weighted by Gasteiger charge is -2.22. The van der Waals surface area contributed by atoms with Gasteiger partial charge in [-0.25, -0.2) is 0 Å². The van der Waals surface area contributed by atoms with Crippen LogP contribution < -0.4 is 5.32 Å². The van der Waals surface area contributed by atoms with Gasteiger partial charge in [-0.05, 0) is 32.0 Å². The van der Waals surface area contributed by atoms with Crippen LogP contribution in [0.25, 0.3) is 0 Å². The first kappa shape index (κ1) is 18.5. The number of unbranched alkanes of at least 4 members (excludes halogenated alkanes) is 1. The molecule has 0 bridgehead atoms. The molecule has 1 N–H and O–H groups in total. The van der Waals surface area contributed by atoms with Gasteiger partial charge in [0.15, 0.2) is 5.96 Å². The van der Waals surface area contributed by atoms with Crippen LogP contribution in [-0.4, -0.2) is 56.5 Å². The molecule has 0 amide bonds. The minimum Gasteiger partial charge on any atom is -0.356 e. The molecule has 4 heteroatoms. The third-order valence-electron chi connectivity index (χ3n) is 3.72. The zero-order valence-electron chi connectivity index (χ0n) is 14.7. The Balaban J connectivity index is 2.20. The predicted octanol–water partition coefficient (Wildman–Crippen LogP) is 2.82. The van der Waals surface area contributed by atoms with Gasteiger partial charge in [0.05, 0.1) is 0 Å². The first-order valence-corrected chi connectivity index (χ1v) is 8.31. The quantitative estimate of drug-likeness (QED) is 0.432. The van der Waals surface area contributed by atoms with Gasteiger partial charge in [-0.2, -0.15) is 0 Å². The molecular weight excluding hydrogens is 272 g/mol. The van der Waals surface area contributed by atoms with Crippen molar-refractivity contribution in [3.05, 3.63) is 35.9 Å². The number of hydrogen-bond donors (Lipinski definition) is 1. The standard InChI is InChI=1S/C18H32N4/c1-5-6-15-22(4)18(19-2)20-13-10-14-21(3)16-17-11-8-7-9-12-17/h7-9,11-12H,5-6,10,13-16H2,1-4H3,(H,19,20). The van der Waals surface area contributed by atoms with E-state index in [1.807, 2.05) is 7.05 Å². The summed E-state index contributed by atoms with van der Waals surface area (Å²) in [7, 11) is 6.13. The van der Waals surface area contributed by atoms with Crippen molar-refractivity contribution in [1.29, 1.82) is 0 Å². The fourth-order valence-corrected chi connectivity index (χ4v) is 2.41. The highest BCUT2D eigenvalue weighted by Crippen LogP contribution is 2.02. The Kier molecular flexibility index (Phi) is 9.31. The van der Waals surface area contributed by atoms with Gasteiger partial charge in [0.1, 0.15) is 0 Å². The van der Waals surface area contributed by atoms with Gasteiger partial charge in [-0.15, -0.1) is 0 Å². The van der Waals surface area contributed by atoms with Crippen molar-refractivity contribution in [2.75, 3.05) is 40.8 Å². The van der Waals surface area contributed by atoms with Gasteiger partial charge in [0.2, 0.25) is 0 Å². The van der Waals surface area contributed by atoms with Gasteiger partial charge in [-0.3, -0.25) is 4.99 Å². The molecule has 0 spiro atoms. The molecule has 0 unspecified atom stereocenters. The van der Waals surface area contributed by atoms with Crippen molar-refractivity contribution < 1.29 is 0 Å². The molecule has 0 saturated heterocycles. The fraction of sp³-hybridized carbons (Fsp3) is 0.611. The van der Waals surface area contributed by atoms with E-state index in [4.69, 9.17) is 0 Å². The minimum absolute atomic E-state index is 0.961. The summed E-state index contributed by atoms with van der Waals surface area (Å²) in [5.41, 5.74) is 1.37. The Morgan fingerprint density at radius 3 is 2.45 bits per heavy atom. The minimum atomic E-state index is 0.961. The van der Waals surface area contributed by atoms with E-state index in [-0.39, 0.29) is 0 Å². The Hall–Kier alpha value is -1.55. The summed E-state index contributed by atoms with van der Waals surface area (Å²) in [5.74, 6) is 0.999. The normalized spacial score (nSPS) is 11.8. The van der Waals surface area contributed by atoms with Crippen LogP contribution in [-0.2, 0) is 6.54 Å². The summed E-state index contributed by atoms with van der Waals surface area (Å²) in [6.45, 7) is 6.32. The van der Waals surface area contributed by atoms with Crippen LogP contribution in [0, 0.1) is 0 Å². The van der Waals surface area contributed by atoms with E-state index in [0.717, 1.165) is 38.6 Å². The van der Waals surface area contributed by atoms with Crippen LogP contribution >= 0.6 is 0 Å². The molecule has 0 atom stereocenters. The lowest BCUT2D eigenvalue weighted by Crippen LogP contribution is -2.40. The molecule has 1 aromatic carbocycles. The van der Waals surface area contributed by atoms with Gasteiger partial charge < -0.3 is 15.1 Å². The van der Waals surface area contributed by atoms with Crippen LogP contribution in [0.3, 0.4) is 0 Å². The summed E-state index contributed by atoms with van der Waals surface area (Å²) in [4.78, 5) is 8.91. The van der Waals surface area contributed by atoms with Crippen molar-refractivity contribution in [3.63, 3.8) is 0 Å². The van der Waals surface area contributed by atoms with Crippen molar-refractivity contribution in [3.8, 4) is 0 Å². The molecular formula is C18H32N4. The number of benzene rings is 1. The number of nitrogens with zero attached hydrogens (tertiary/aromatic N) is 3. The second kappa shape index (κ2) is 11.1. The zero-order valence-corrected chi connectivity index (χ0v) is 14.7. The van der Waals surface area contributed by atoms with E-state index < -0.39 is 0 Å². The van der Waals surface area contributed by atoms with Gasteiger partial charge >= 0.3 is 0 Å². The second-order valence-electron chi connectivity index (χ2n) is 5.83. The van der Waals surface area contributed by atoms with Crippen LogP contribution in [0.4, 0.5) is 0 Å². The topological polar surface area (TPSA) is 30.9 Å². The average Bonchev–Trinajstić information content (AvgIpc) is 2.53. The highest BCUT2D eigenvalue weighted by Gasteiger charge is 2.05. The van der Waals surface area contributed by atoms with E-state index in [0.29, 0.717) is 0 Å². The maximum absolute atomic E-state index is 4.34. The molecule has 1 rings (SSSR count). The van der Waals surface area contributed by atoms with E-state index >= 15 is 0 Å². The Labute approximate surface area is 136 Å². The summed E-state index contributed by atoms with van der Waals surface area (Å²) in [6, 6.07) is 10.6. The molecule has 124 valence electrons. The Morgan fingerprint density at radius 2 is 1.82 bits per heavy atom. The van der Waals surface area contributed by atoms with E-state index in [9.17, 15) is 0 Å². The molecule has 4 nitrogen and oxygen atoms in total. The molecule has 0 aliphatic heterocycles. The molecule has 0 heterocycles. The number of nitrogens with one attached hydrogen (secondary N) is 1. The van der Waals surface area contributed by atoms with Crippen LogP contribution in [0.15, 0.2) is 35.3 Å². The SMILES string of the molecule is CCCCN(C)C(=NC)NCCCN(C)Cc1ccccc1. The molecule has 0 aromatic heterocycles. The summed E-state index contributed by atoms with van der Waals surface area (Å²) in [6.07, 6.45) is 3.53. The van der Waals surface area contributed by atoms with Gasteiger partial charge in [0, 0.05) is 33.7 Å². The number of hydrogen-bond acceptors (Lipinski definition) is 2. The van der Waals surface area contributed by atoms with Gasteiger partial charge in [0.25, 0.3) is 0 Å². The van der Waals surface area contributed by atoms with Crippen molar-refractivity contribution in [1.82, 2.24) is 15.1 Å². The highest BCUT2D eigenvalue weighted by molar-refractivity contribution is 5.79. The van der Waals surface area contributed by atoms with E-state index in [2.05, 4.69) is 71.5 Å². The fourth-order valence-electron chi connectivity index (χ4n) is 2.41. The maximum Gasteiger partial charge on any atom is 0.193 e. The van der Waals surface area contributed by atoms with E-state index in [1.54, 1.807) is 0 Å². The number of aliphatic imine (C=N–C) groups is 1. The predicted molar refractivity (Wildman–Crippen MR) is 96.3 cm³/mol. The monoisotopic (exact) mass is 304 g/mol. The van der Waals surface area contributed by atoms with Crippen LogP contribution in [0.1, 0.15) is 31.7 Å². The molecule has 0 aliphatic rings. The highest BCUT2D eigenvalue weighted by atomic mass is 15.3.